The average molecular weight is 233 g/mol. The lowest BCUT2D eigenvalue weighted by Crippen LogP contribution is -2.04. The van der Waals surface area contributed by atoms with Gasteiger partial charge in [0.25, 0.3) is 0 Å². The van der Waals surface area contributed by atoms with Gasteiger partial charge in [-0.15, -0.1) is 0 Å². The van der Waals surface area contributed by atoms with Crippen LogP contribution < -0.4 is 10.5 Å². The Morgan fingerprint density at radius 1 is 1.35 bits per heavy atom. The van der Waals surface area contributed by atoms with Crippen LogP contribution in [0, 0.1) is 13.8 Å². The number of benzene rings is 1. The number of nitrogens with two attached hydrogens (primary N) is 1. The summed E-state index contributed by atoms with van der Waals surface area (Å²) in [5.41, 5.74) is 7.80. The van der Waals surface area contributed by atoms with E-state index in [4.69, 9.17) is 15.0 Å². The van der Waals surface area contributed by atoms with E-state index in [2.05, 4.69) is 10.1 Å². The summed E-state index contributed by atoms with van der Waals surface area (Å²) in [5.74, 6) is 1.83. The van der Waals surface area contributed by atoms with Gasteiger partial charge in [-0.3, -0.25) is 0 Å². The molecular formula is C12H15N3O2. The standard InChI is InChI=1S/C12H15N3O2/c1-8-3-4-11(10(5-8)6-13)16-7-12-14-9(2)17-15-12/h3-5H,6-7,13H2,1-2H3. The number of aryl methyl sites for hydroxylation is 2. The molecule has 0 saturated heterocycles. The first-order chi connectivity index (χ1) is 8.19. The summed E-state index contributed by atoms with van der Waals surface area (Å²) >= 11 is 0. The first kappa shape index (κ1) is 11.6. The Morgan fingerprint density at radius 2 is 2.18 bits per heavy atom. The Hall–Kier alpha value is -1.88. The van der Waals surface area contributed by atoms with E-state index in [1.807, 2.05) is 25.1 Å². The second-order valence-electron chi connectivity index (χ2n) is 3.83. The first-order valence-electron chi connectivity index (χ1n) is 5.40. The summed E-state index contributed by atoms with van der Waals surface area (Å²) in [6.45, 7) is 4.49. The molecule has 0 aliphatic carbocycles. The Kier molecular flexibility index (Phi) is 3.39. The van der Waals surface area contributed by atoms with Crippen molar-refractivity contribution >= 4 is 0 Å². The highest BCUT2D eigenvalue weighted by atomic mass is 16.5. The van der Waals surface area contributed by atoms with Crippen LogP contribution in [0.1, 0.15) is 22.8 Å². The van der Waals surface area contributed by atoms with Gasteiger partial charge in [0.1, 0.15) is 5.75 Å². The minimum atomic E-state index is 0.285. The van der Waals surface area contributed by atoms with Gasteiger partial charge in [-0.1, -0.05) is 22.9 Å². The maximum Gasteiger partial charge on any atom is 0.223 e. The number of hydrogen-bond acceptors (Lipinski definition) is 5. The third-order valence-corrected chi connectivity index (χ3v) is 2.36. The molecule has 0 atom stereocenters. The first-order valence-corrected chi connectivity index (χ1v) is 5.40. The van der Waals surface area contributed by atoms with Gasteiger partial charge < -0.3 is 15.0 Å². The summed E-state index contributed by atoms with van der Waals surface area (Å²) in [6, 6.07) is 5.90. The summed E-state index contributed by atoms with van der Waals surface area (Å²) < 4.78 is 10.5. The van der Waals surface area contributed by atoms with E-state index in [1.165, 1.54) is 0 Å². The van der Waals surface area contributed by atoms with Gasteiger partial charge in [-0.05, 0) is 13.0 Å². The fraction of sp³-hybridized carbons (Fsp3) is 0.333. The minimum absolute atomic E-state index is 0.285. The zero-order valence-electron chi connectivity index (χ0n) is 9.93. The quantitative estimate of drug-likeness (QED) is 0.870. The fourth-order valence-electron chi connectivity index (χ4n) is 1.55. The summed E-state index contributed by atoms with van der Waals surface area (Å²) in [6.07, 6.45) is 0. The topological polar surface area (TPSA) is 74.2 Å². The van der Waals surface area contributed by atoms with Crippen LogP contribution in [0.5, 0.6) is 5.75 Å². The van der Waals surface area contributed by atoms with Crippen molar-refractivity contribution in [2.75, 3.05) is 0 Å². The summed E-state index contributed by atoms with van der Waals surface area (Å²) in [4.78, 5) is 4.06. The number of aromatic nitrogens is 2. The van der Waals surface area contributed by atoms with E-state index in [9.17, 15) is 0 Å². The van der Waals surface area contributed by atoms with Crippen molar-refractivity contribution in [2.45, 2.75) is 27.0 Å². The van der Waals surface area contributed by atoms with Gasteiger partial charge in [0, 0.05) is 19.0 Å². The normalized spacial score (nSPS) is 10.5. The smallest absolute Gasteiger partial charge is 0.223 e. The summed E-state index contributed by atoms with van der Waals surface area (Å²) in [7, 11) is 0. The molecule has 2 N–H and O–H groups in total. The second-order valence-corrected chi connectivity index (χ2v) is 3.83. The van der Waals surface area contributed by atoms with Crippen LogP contribution in [0.3, 0.4) is 0 Å². The maximum absolute atomic E-state index is 5.66. The van der Waals surface area contributed by atoms with Crippen LogP contribution in [0.2, 0.25) is 0 Å². The molecule has 0 fully saturated rings. The lowest BCUT2D eigenvalue weighted by atomic mass is 10.1. The van der Waals surface area contributed by atoms with Crippen molar-refractivity contribution in [1.82, 2.24) is 10.1 Å². The van der Waals surface area contributed by atoms with Crippen LogP contribution >= 0.6 is 0 Å². The van der Waals surface area contributed by atoms with Crippen molar-refractivity contribution < 1.29 is 9.26 Å². The van der Waals surface area contributed by atoms with Crippen molar-refractivity contribution in [3.63, 3.8) is 0 Å². The van der Waals surface area contributed by atoms with Gasteiger partial charge in [0.2, 0.25) is 11.7 Å². The van der Waals surface area contributed by atoms with E-state index in [0.29, 0.717) is 18.3 Å². The summed E-state index contributed by atoms with van der Waals surface area (Å²) in [5, 5.41) is 3.76. The number of nitrogens with zero attached hydrogens (tertiary/aromatic N) is 2. The second kappa shape index (κ2) is 4.97. The van der Waals surface area contributed by atoms with Crippen LogP contribution in [0.25, 0.3) is 0 Å². The van der Waals surface area contributed by atoms with Crippen molar-refractivity contribution in [1.29, 1.82) is 0 Å². The number of ether oxygens (including phenoxy) is 1. The van der Waals surface area contributed by atoms with Gasteiger partial charge in [-0.2, -0.15) is 4.98 Å². The molecule has 2 rings (SSSR count). The van der Waals surface area contributed by atoms with Crippen molar-refractivity contribution in [2.24, 2.45) is 5.73 Å². The Bertz CT molecular complexity index is 508. The highest BCUT2D eigenvalue weighted by molar-refractivity contribution is 5.36. The molecule has 0 radical (unpaired) electrons. The Morgan fingerprint density at radius 3 is 2.82 bits per heavy atom. The zero-order valence-corrected chi connectivity index (χ0v) is 9.93. The predicted octanol–water partition coefficient (Wildman–Crippen LogP) is 1.72. The lowest BCUT2D eigenvalue weighted by molar-refractivity contribution is 0.283. The predicted molar refractivity (Wildman–Crippen MR) is 62.4 cm³/mol. The lowest BCUT2D eigenvalue weighted by Gasteiger charge is -2.09. The largest absolute Gasteiger partial charge is 0.485 e. The van der Waals surface area contributed by atoms with Crippen molar-refractivity contribution in [3.05, 3.63) is 41.0 Å². The Balaban J connectivity index is 2.08. The highest BCUT2D eigenvalue weighted by Gasteiger charge is 2.06. The molecule has 1 aromatic carbocycles. The third-order valence-electron chi connectivity index (χ3n) is 2.36. The van der Waals surface area contributed by atoms with Gasteiger partial charge in [-0.25, -0.2) is 0 Å². The SMILES string of the molecule is Cc1ccc(OCc2noc(C)n2)c(CN)c1. The van der Waals surface area contributed by atoms with Crippen LogP contribution in [0.15, 0.2) is 22.7 Å². The van der Waals surface area contributed by atoms with Gasteiger partial charge in [0.15, 0.2) is 6.61 Å². The number of hydrogen-bond donors (Lipinski definition) is 1. The molecule has 17 heavy (non-hydrogen) atoms. The molecule has 0 saturated carbocycles. The Labute approximate surface area is 99.6 Å². The third kappa shape index (κ3) is 2.82. The van der Waals surface area contributed by atoms with Crippen LogP contribution in [-0.2, 0) is 13.2 Å². The maximum atomic E-state index is 5.66. The molecule has 5 nitrogen and oxygen atoms in total. The number of rotatable bonds is 4. The molecule has 0 aliphatic heterocycles. The van der Waals surface area contributed by atoms with Crippen LogP contribution in [-0.4, -0.2) is 10.1 Å². The molecule has 0 unspecified atom stereocenters. The molecular weight excluding hydrogens is 218 g/mol. The van der Waals surface area contributed by atoms with E-state index in [1.54, 1.807) is 6.92 Å². The average Bonchev–Trinajstić information content (AvgIpc) is 2.73. The molecule has 1 aromatic heterocycles. The van der Waals surface area contributed by atoms with E-state index < -0.39 is 0 Å². The van der Waals surface area contributed by atoms with E-state index in [0.717, 1.165) is 16.9 Å². The molecule has 90 valence electrons. The molecule has 2 aromatic rings. The molecule has 0 amide bonds. The molecule has 1 heterocycles. The van der Waals surface area contributed by atoms with E-state index >= 15 is 0 Å². The minimum Gasteiger partial charge on any atom is -0.485 e. The monoisotopic (exact) mass is 233 g/mol. The highest BCUT2D eigenvalue weighted by Crippen LogP contribution is 2.20. The molecule has 0 bridgehead atoms. The molecule has 0 spiro atoms. The van der Waals surface area contributed by atoms with Crippen LogP contribution in [0.4, 0.5) is 0 Å². The molecule has 0 aliphatic rings. The van der Waals surface area contributed by atoms with E-state index in [-0.39, 0.29) is 6.61 Å². The fourth-order valence-corrected chi connectivity index (χ4v) is 1.55. The van der Waals surface area contributed by atoms with Gasteiger partial charge >= 0.3 is 0 Å². The van der Waals surface area contributed by atoms with Crippen molar-refractivity contribution in [3.8, 4) is 5.75 Å². The molecule has 5 heteroatoms. The van der Waals surface area contributed by atoms with Gasteiger partial charge in [0.05, 0.1) is 0 Å². The zero-order chi connectivity index (χ0) is 12.3.